The first-order valence-corrected chi connectivity index (χ1v) is 5.35. The number of halogens is 3. The van der Waals surface area contributed by atoms with Crippen LogP contribution in [0.3, 0.4) is 0 Å². The van der Waals surface area contributed by atoms with Crippen molar-refractivity contribution in [2.75, 3.05) is 0 Å². The maximum Gasteiger partial charge on any atom is 0.143 e. The van der Waals surface area contributed by atoms with Crippen molar-refractivity contribution < 1.29 is 9.50 Å². The van der Waals surface area contributed by atoms with E-state index in [0.29, 0.717) is 9.99 Å². The van der Waals surface area contributed by atoms with Crippen molar-refractivity contribution in [3.63, 3.8) is 0 Å². The molecule has 13 heavy (non-hydrogen) atoms. The maximum absolute atomic E-state index is 13.4. The van der Waals surface area contributed by atoms with Crippen LogP contribution in [0.25, 0.3) is 0 Å². The summed E-state index contributed by atoms with van der Waals surface area (Å²) in [4.78, 5) is 0. The maximum atomic E-state index is 13.4. The van der Waals surface area contributed by atoms with Crippen LogP contribution in [-0.2, 0) is 0 Å². The van der Waals surface area contributed by atoms with E-state index in [0.717, 1.165) is 0 Å². The van der Waals surface area contributed by atoms with Gasteiger partial charge in [0.1, 0.15) is 5.82 Å². The highest BCUT2D eigenvalue weighted by atomic mass is 127. The summed E-state index contributed by atoms with van der Waals surface area (Å²) >= 11 is 7.64. The van der Waals surface area contributed by atoms with E-state index in [1.165, 1.54) is 0 Å². The van der Waals surface area contributed by atoms with Crippen molar-refractivity contribution in [3.05, 3.63) is 32.1 Å². The fraction of sp³-hybridized carbons (Fsp3) is 0.333. The molecule has 1 N–H and O–H groups in total. The monoisotopic (exact) mass is 314 g/mol. The van der Waals surface area contributed by atoms with Gasteiger partial charge < -0.3 is 5.11 Å². The molecular weight excluding hydrogens is 305 g/mol. The zero-order chi connectivity index (χ0) is 10.0. The van der Waals surface area contributed by atoms with Gasteiger partial charge in [0, 0.05) is 14.2 Å². The SMILES string of the molecule is CCC(O)c1c(Cl)ccc(I)c1F. The molecule has 1 unspecified atom stereocenters. The van der Waals surface area contributed by atoms with Gasteiger partial charge in [-0.05, 0) is 41.1 Å². The average Bonchev–Trinajstić information content (AvgIpc) is 2.12. The quantitative estimate of drug-likeness (QED) is 0.654. The lowest BCUT2D eigenvalue weighted by Crippen LogP contribution is -2.01. The number of benzene rings is 1. The first-order chi connectivity index (χ1) is 6.07. The number of hydrogen-bond acceptors (Lipinski definition) is 1. The van der Waals surface area contributed by atoms with Crippen molar-refractivity contribution in [3.8, 4) is 0 Å². The van der Waals surface area contributed by atoms with E-state index in [-0.39, 0.29) is 10.6 Å². The van der Waals surface area contributed by atoms with Crippen molar-refractivity contribution in [2.24, 2.45) is 0 Å². The van der Waals surface area contributed by atoms with Gasteiger partial charge in [0.15, 0.2) is 0 Å². The van der Waals surface area contributed by atoms with Gasteiger partial charge in [-0.1, -0.05) is 18.5 Å². The third-order valence-corrected chi connectivity index (χ3v) is 2.96. The van der Waals surface area contributed by atoms with E-state index in [1.54, 1.807) is 19.1 Å². The van der Waals surface area contributed by atoms with Gasteiger partial charge in [0.05, 0.1) is 6.10 Å². The van der Waals surface area contributed by atoms with Crippen LogP contribution in [0.5, 0.6) is 0 Å². The van der Waals surface area contributed by atoms with E-state index in [1.807, 2.05) is 22.6 Å². The van der Waals surface area contributed by atoms with Crippen LogP contribution in [0.2, 0.25) is 5.02 Å². The molecule has 0 spiro atoms. The van der Waals surface area contributed by atoms with Crippen LogP contribution in [0.4, 0.5) is 4.39 Å². The lowest BCUT2D eigenvalue weighted by Gasteiger charge is -2.12. The molecule has 1 aromatic rings. The zero-order valence-corrected chi connectivity index (χ0v) is 9.93. The Morgan fingerprint density at radius 1 is 1.62 bits per heavy atom. The second kappa shape index (κ2) is 4.57. The normalized spacial score (nSPS) is 13.0. The molecule has 4 heteroatoms. The van der Waals surface area contributed by atoms with E-state index in [2.05, 4.69) is 0 Å². The lowest BCUT2D eigenvalue weighted by atomic mass is 10.1. The molecule has 1 aromatic carbocycles. The van der Waals surface area contributed by atoms with Crippen molar-refractivity contribution in [1.82, 2.24) is 0 Å². The predicted octanol–water partition coefficient (Wildman–Crippen LogP) is 3.53. The van der Waals surface area contributed by atoms with Crippen molar-refractivity contribution in [2.45, 2.75) is 19.4 Å². The summed E-state index contributed by atoms with van der Waals surface area (Å²) in [5, 5.41) is 9.77. The summed E-state index contributed by atoms with van der Waals surface area (Å²) in [5.41, 5.74) is 0.205. The van der Waals surface area contributed by atoms with Crippen molar-refractivity contribution >= 4 is 34.2 Å². The van der Waals surface area contributed by atoms with Crippen LogP contribution in [-0.4, -0.2) is 5.11 Å². The molecule has 0 saturated heterocycles. The minimum atomic E-state index is -0.817. The molecule has 0 heterocycles. The summed E-state index contributed by atoms with van der Waals surface area (Å²) in [6.45, 7) is 1.78. The Balaban J connectivity index is 3.25. The van der Waals surface area contributed by atoms with Crippen molar-refractivity contribution in [1.29, 1.82) is 0 Å². The van der Waals surface area contributed by atoms with Crippen LogP contribution < -0.4 is 0 Å². The highest BCUT2D eigenvalue weighted by Gasteiger charge is 2.16. The van der Waals surface area contributed by atoms with E-state index in [9.17, 15) is 9.50 Å². The first kappa shape index (κ1) is 11.2. The molecule has 0 saturated carbocycles. The molecular formula is C9H9ClFIO. The Bertz CT molecular complexity index is 317. The Morgan fingerprint density at radius 2 is 2.23 bits per heavy atom. The Hall–Kier alpha value is 0.130. The predicted molar refractivity (Wildman–Crippen MR) is 59.4 cm³/mol. The molecule has 1 nitrogen and oxygen atoms in total. The molecule has 72 valence electrons. The summed E-state index contributed by atoms with van der Waals surface area (Å²) in [5.74, 6) is -0.414. The van der Waals surface area contributed by atoms with Crippen LogP contribution in [0.1, 0.15) is 25.0 Å². The highest BCUT2D eigenvalue weighted by Crippen LogP contribution is 2.30. The fourth-order valence-corrected chi connectivity index (χ4v) is 1.79. The van der Waals surface area contributed by atoms with Crippen LogP contribution in [0, 0.1) is 9.39 Å². The van der Waals surface area contributed by atoms with E-state index < -0.39 is 11.9 Å². The van der Waals surface area contributed by atoms with Gasteiger partial charge in [0.25, 0.3) is 0 Å². The standard InChI is InChI=1S/C9H9ClFIO/c1-2-7(13)8-5(10)3-4-6(12)9(8)11/h3-4,7,13H,2H2,1H3. The molecule has 0 aliphatic carbocycles. The summed E-state index contributed by atoms with van der Waals surface area (Å²) < 4.78 is 13.9. The molecule has 0 radical (unpaired) electrons. The van der Waals surface area contributed by atoms with Gasteiger partial charge in [-0.3, -0.25) is 0 Å². The molecule has 0 aliphatic heterocycles. The average molecular weight is 315 g/mol. The number of aliphatic hydroxyl groups is 1. The Morgan fingerprint density at radius 3 is 2.77 bits per heavy atom. The Labute approximate surface area is 95.1 Å². The van der Waals surface area contributed by atoms with Gasteiger partial charge in [-0.15, -0.1) is 0 Å². The smallest absolute Gasteiger partial charge is 0.143 e. The van der Waals surface area contributed by atoms with Crippen LogP contribution >= 0.6 is 34.2 Å². The lowest BCUT2D eigenvalue weighted by molar-refractivity contribution is 0.169. The molecule has 0 aliphatic rings. The summed E-state index contributed by atoms with van der Waals surface area (Å²) in [6.07, 6.45) is -0.362. The Kier molecular flexibility index (Phi) is 3.94. The second-order valence-electron chi connectivity index (χ2n) is 2.68. The summed E-state index contributed by atoms with van der Waals surface area (Å²) in [7, 11) is 0. The largest absolute Gasteiger partial charge is 0.388 e. The molecule has 0 aromatic heterocycles. The minimum absolute atomic E-state index is 0.205. The fourth-order valence-electron chi connectivity index (χ4n) is 1.05. The minimum Gasteiger partial charge on any atom is -0.388 e. The third-order valence-electron chi connectivity index (χ3n) is 1.80. The van der Waals surface area contributed by atoms with E-state index >= 15 is 0 Å². The molecule has 0 amide bonds. The molecule has 1 atom stereocenters. The van der Waals surface area contributed by atoms with Gasteiger partial charge in [-0.2, -0.15) is 0 Å². The molecule has 0 bridgehead atoms. The summed E-state index contributed by atoms with van der Waals surface area (Å²) in [6, 6.07) is 3.19. The third kappa shape index (κ3) is 2.33. The van der Waals surface area contributed by atoms with Gasteiger partial charge in [-0.25, -0.2) is 4.39 Å². The molecule has 0 fully saturated rings. The van der Waals surface area contributed by atoms with Gasteiger partial charge >= 0.3 is 0 Å². The second-order valence-corrected chi connectivity index (χ2v) is 4.25. The van der Waals surface area contributed by atoms with Crippen LogP contribution in [0.15, 0.2) is 12.1 Å². The van der Waals surface area contributed by atoms with E-state index in [4.69, 9.17) is 11.6 Å². The number of hydrogen-bond donors (Lipinski definition) is 1. The molecule has 1 rings (SSSR count). The highest BCUT2D eigenvalue weighted by molar-refractivity contribution is 14.1. The first-order valence-electron chi connectivity index (χ1n) is 3.89. The topological polar surface area (TPSA) is 20.2 Å². The van der Waals surface area contributed by atoms with Gasteiger partial charge in [0.2, 0.25) is 0 Å². The zero-order valence-electron chi connectivity index (χ0n) is 7.02. The number of aliphatic hydroxyl groups excluding tert-OH is 1. The number of rotatable bonds is 2.